The van der Waals surface area contributed by atoms with Crippen LogP contribution in [0.1, 0.15) is 5.56 Å². The molecular formula is C55H40Si. The Morgan fingerprint density at radius 2 is 0.482 bits per heavy atom. The van der Waals surface area contributed by atoms with Crippen LogP contribution in [0.15, 0.2) is 224 Å². The summed E-state index contributed by atoms with van der Waals surface area (Å²) in [5.41, 5.74) is 1.26. The van der Waals surface area contributed by atoms with Gasteiger partial charge in [0.05, 0.1) is 0 Å². The molecule has 0 aliphatic rings. The molecule has 0 aromatic heterocycles. The second-order valence-electron chi connectivity index (χ2n) is 15.1. The fourth-order valence-electron chi connectivity index (χ4n) is 8.75. The maximum atomic E-state index is 2.50. The van der Waals surface area contributed by atoms with E-state index in [-0.39, 0.29) is 0 Å². The number of hydrogen-bond acceptors (Lipinski definition) is 0. The smallest absolute Gasteiger partial charge is 0.0623 e. The average Bonchev–Trinajstić information content (AvgIpc) is 3.28. The standard InChI is InChI=1S/C55H40Si/c1-39-27-29-54(30-28-39)56(52-23-4-2-5-24-52,53-25-6-3-7-26-53)55-37-50-36-51(38-55)49-22-12-20-47(35-49)45-18-10-16-43(33-45)41-14-8-13-40(31-41)42-15-9-17-44(32-42)46-19-11-21-48(50)34-46/h2-38H,1H3. The number of rotatable bonds is 4. The molecule has 0 aliphatic carbocycles. The first-order valence-electron chi connectivity index (χ1n) is 19.5. The van der Waals surface area contributed by atoms with Gasteiger partial charge in [-0.05, 0) is 129 Å². The third-order valence-corrected chi connectivity index (χ3v) is 16.3. The summed E-state index contributed by atoms with van der Waals surface area (Å²) in [5.74, 6) is 0. The Kier molecular flexibility index (Phi) is 8.51. The fraction of sp³-hybridized carbons (Fsp3) is 0.0182. The highest BCUT2D eigenvalue weighted by Crippen LogP contribution is 2.27. The van der Waals surface area contributed by atoms with Gasteiger partial charge in [-0.1, -0.05) is 194 Å². The molecule has 10 rings (SSSR count). The predicted octanol–water partition coefficient (Wildman–Crippen LogP) is 12.0. The molecule has 0 N–H and O–H groups in total. The van der Waals surface area contributed by atoms with Crippen molar-refractivity contribution in [2.24, 2.45) is 0 Å². The van der Waals surface area contributed by atoms with Gasteiger partial charge in [-0.3, -0.25) is 0 Å². The van der Waals surface area contributed by atoms with Crippen molar-refractivity contribution < 1.29 is 0 Å². The zero-order valence-corrected chi connectivity index (χ0v) is 32.4. The van der Waals surface area contributed by atoms with Crippen molar-refractivity contribution in [3.8, 4) is 0 Å². The predicted molar refractivity (Wildman–Crippen MR) is 246 cm³/mol. The van der Waals surface area contributed by atoms with Crippen molar-refractivity contribution in [2.45, 2.75) is 6.92 Å². The van der Waals surface area contributed by atoms with E-state index in [2.05, 4.69) is 231 Å². The molecule has 264 valence electrons. The lowest BCUT2D eigenvalue weighted by Gasteiger charge is -2.34. The first-order valence-corrected chi connectivity index (χ1v) is 21.5. The van der Waals surface area contributed by atoms with Crippen molar-refractivity contribution >= 4 is 93.5 Å². The zero-order chi connectivity index (χ0) is 37.5. The highest BCUT2D eigenvalue weighted by molar-refractivity contribution is 7.20. The van der Waals surface area contributed by atoms with Crippen LogP contribution in [0.4, 0.5) is 0 Å². The van der Waals surface area contributed by atoms with E-state index < -0.39 is 8.07 Å². The topological polar surface area (TPSA) is 0 Å². The van der Waals surface area contributed by atoms with Crippen molar-refractivity contribution in [3.63, 3.8) is 0 Å². The van der Waals surface area contributed by atoms with Crippen molar-refractivity contribution in [2.75, 3.05) is 0 Å². The molecule has 0 atom stereocenters. The summed E-state index contributed by atoms with van der Waals surface area (Å²) in [6, 6.07) is 84.4. The van der Waals surface area contributed by atoms with Crippen LogP contribution in [-0.2, 0) is 0 Å². The molecule has 0 amide bonds. The Morgan fingerprint density at radius 3 is 0.804 bits per heavy atom. The second kappa shape index (κ2) is 14.1. The summed E-state index contributed by atoms with van der Waals surface area (Å²) in [6.45, 7) is 2.18. The van der Waals surface area contributed by atoms with Crippen molar-refractivity contribution in [1.82, 2.24) is 0 Å². The minimum atomic E-state index is -2.85. The van der Waals surface area contributed by atoms with E-state index in [0.29, 0.717) is 0 Å². The molecule has 0 aliphatic heterocycles. The zero-order valence-electron chi connectivity index (χ0n) is 31.4. The highest BCUT2D eigenvalue weighted by Gasteiger charge is 2.41. The van der Waals surface area contributed by atoms with Crippen LogP contribution in [-0.4, -0.2) is 8.07 Å². The third kappa shape index (κ3) is 6.03. The third-order valence-electron chi connectivity index (χ3n) is 11.6. The average molecular weight is 729 g/mol. The van der Waals surface area contributed by atoms with E-state index in [1.807, 2.05) is 0 Å². The summed E-state index contributed by atoms with van der Waals surface area (Å²) in [6.07, 6.45) is 0. The van der Waals surface area contributed by atoms with Crippen LogP contribution in [0.3, 0.4) is 0 Å². The fourth-order valence-corrected chi connectivity index (χ4v) is 13.5. The Labute approximate surface area is 329 Å². The lowest BCUT2D eigenvalue weighted by atomic mass is 10.0. The van der Waals surface area contributed by atoms with Gasteiger partial charge in [0.25, 0.3) is 0 Å². The Bertz CT molecular complexity index is 3000. The van der Waals surface area contributed by atoms with Crippen LogP contribution < -0.4 is 20.7 Å². The van der Waals surface area contributed by atoms with E-state index in [1.54, 1.807) is 0 Å². The molecule has 0 fully saturated rings. The van der Waals surface area contributed by atoms with Crippen LogP contribution in [0, 0.1) is 6.92 Å². The van der Waals surface area contributed by atoms with Gasteiger partial charge in [0.15, 0.2) is 8.07 Å². The van der Waals surface area contributed by atoms with E-state index in [4.69, 9.17) is 0 Å². The van der Waals surface area contributed by atoms with Gasteiger partial charge < -0.3 is 0 Å². The maximum Gasteiger partial charge on any atom is 0.179 e. The van der Waals surface area contributed by atoms with Crippen LogP contribution >= 0.6 is 0 Å². The van der Waals surface area contributed by atoms with E-state index >= 15 is 0 Å². The molecule has 0 nitrogen and oxygen atoms in total. The quantitative estimate of drug-likeness (QED) is 0.125. The van der Waals surface area contributed by atoms with Crippen LogP contribution in [0.5, 0.6) is 0 Å². The Morgan fingerprint density at radius 1 is 0.214 bits per heavy atom. The van der Waals surface area contributed by atoms with Gasteiger partial charge in [-0.15, -0.1) is 0 Å². The molecule has 10 aromatic carbocycles. The monoisotopic (exact) mass is 728 g/mol. The molecule has 0 spiro atoms. The number of aryl methyl sites for hydroxylation is 1. The Hall–Kier alpha value is -6.80. The minimum absolute atomic E-state index is 1.20. The normalized spacial score (nSPS) is 11.7. The number of hydrogen-bond donors (Lipinski definition) is 0. The first kappa shape index (κ1) is 33.7. The van der Waals surface area contributed by atoms with E-state index in [1.165, 1.54) is 90.9 Å². The van der Waals surface area contributed by atoms with Crippen LogP contribution in [0.2, 0.25) is 0 Å². The molecule has 0 saturated carbocycles. The largest absolute Gasteiger partial charge is 0.179 e. The van der Waals surface area contributed by atoms with Gasteiger partial charge in [0, 0.05) is 0 Å². The Balaban J connectivity index is 1.42. The molecule has 1 heteroatoms. The van der Waals surface area contributed by atoms with Crippen molar-refractivity contribution in [1.29, 1.82) is 0 Å². The summed E-state index contributed by atoms with van der Waals surface area (Å²) < 4.78 is 0. The van der Waals surface area contributed by atoms with E-state index in [9.17, 15) is 0 Å². The van der Waals surface area contributed by atoms with Gasteiger partial charge in [-0.2, -0.15) is 0 Å². The lowest BCUT2D eigenvalue weighted by Crippen LogP contribution is -2.74. The number of benzene rings is 9. The SMILES string of the molecule is Cc1ccc([Si](c2ccccc2)(c2ccccc2)c2cc3cc(c2)c2cccc(c2)c2cccc(c2)c2cccc(c2)c2cccc(c2)c2cccc3c2)cc1. The molecular weight excluding hydrogens is 689 g/mol. The van der Waals surface area contributed by atoms with Gasteiger partial charge in [0.2, 0.25) is 0 Å². The summed E-state index contributed by atoms with van der Waals surface area (Å²) in [7, 11) is -2.85. The first-order chi connectivity index (χ1) is 27.6. The molecule has 0 radical (unpaired) electrons. The molecule has 56 heavy (non-hydrogen) atoms. The second-order valence-corrected chi connectivity index (χ2v) is 18.9. The van der Waals surface area contributed by atoms with Gasteiger partial charge in [0.1, 0.15) is 0 Å². The number of fused-ring (bicyclic) bond motifs is 18. The molecule has 0 unspecified atom stereocenters. The highest BCUT2D eigenvalue weighted by atomic mass is 28.3. The van der Waals surface area contributed by atoms with Gasteiger partial charge in [-0.25, -0.2) is 0 Å². The molecule has 0 heterocycles. The summed E-state index contributed by atoms with van der Waals surface area (Å²) in [5, 5.41) is 20.0. The van der Waals surface area contributed by atoms with Crippen LogP contribution in [0.25, 0.3) is 64.6 Å². The maximum absolute atomic E-state index is 2.85. The van der Waals surface area contributed by atoms with E-state index in [0.717, 1.165) is 0 Å². The molecule has 10 aromatic rings. The summed E-state index contributed by atoms with van der Waals surface area (Å²) in [4.78, 5) is 0. The lowest BCUT2D eigenvalue weighted by molar-refractivity contribution is 1.49. The minimum Gasteiger partial charge on any atom is -0.0623 e. The molecule has 12 bridgehead atoms. The van der Waals surface area contributed by atoms with Crippen molar-refractivity contribution in [3.05, 3.63) is 230 Å². The molecule has 0 saturated heterocycles. The van der Waals surface area contributed by atoms with Gasteiger partial charge >= 0.3 is 0 Å². The summed E-state index contributed by atoms with van der Waals surface area (Å²) >= 11 is 0.